The summed E-state index contributed by atoms with van der Waals surface area (Å²) in [5.74, 6) is -2.62. The van der Waals surface area contributed by atoms with Gasteiger partial charge in [-0.15, -0.1) is 11.3 Å². The maximum Gasteiger partial charge on any atom is 0.326 e. The Morgan fingerprint density at radius 2 is 1.71 bits per heavy atom. The first-order chi connectivity index (χ1) is 16.6. The largest absolute Gasteiger partial charge is 0.465 e. The van der Waals surface area contributed by atoms with Crippen LogP contribution in [0.4, 0.5) is 5.69 Å². The van der Waals surface area contributed by atoms with Crippen LogP contribution in [0.5, 0.6) is 0 Å². The number of aromatic nitrogens is 2. The third-order valence-corrected chi connectivity index (χ3v) is 6.05. The molecule has 0 bridgehead atoms. The van der Waals surface area contributed by atoms with Crippen LogP contribution < -0.4 is 5.32 Å². The predicted octanol–water partition coefficient (Wildman–Crippen LogP) is 5.18. The summed E-state index contributed by atoms with van der Waals surface area (Å²) in [5, 5.41) is 6.39. The number of nitrogens with zero attached hydrogens (tertiary/aromatic N) is 2. The van der Waals surface area contributed by atoms with Crippen molar-refractivity contribution in [2.75, 3.05) is 18.5 Å². The van der Waals surface area contributed by atoms with Crippen molar-refractivity contribution in [1.29, 1.82) is 0 Å². The van der Waals surface area contributed by atoms with Crippen molar-refractivity contribution >= 4 is 39.2 Å². The Bertz CT molecular complexity index is 1260. The van der Waals surface area contributed by atoms with Gasteiger partial charge in [-0.25, -0.2) is 4.98 Å². The van der Waals surface area contributed by atoms with Crippen LogP contribution in [0.15, 0.2) is 66.2 Å². The average Bonchev–Trinajstić information content (AvgIpc) is 3.28. The van der Waals surface area contributed by atoms with Crippen LogP contribution in [-0.2, 0) is 25.6 Å². The second-order valence-corrected chi connectivity index (χ2v) is 8.26. The Balaban J connectivity index is 1.83. The van der Waals surface area contributed by atoms with Crippen molar-refractivity contribution < 1.29 is 19.1 Å². The first kappa shape index (κ1) is 23.4. The highest BCUT2D eigenvalue weighted by atomic mass is 32.1. The topological polar surface area (TPSA) is 90.4 Å². The molecule has 0 aliphatic carbocycles. The van der Waals surface area contributed by atoms with E-state index in [0.29, 0.717) is 11.4 Å². The lowest BCUT2D eigenvalue weighted by atomic mass is 10.0. The number of anilines is 1. The zero-order valence-electron chi connectivity index (χ0n) is 19.0. The number of hydrogen-bond acceptors (Lipinski definition) is 8. The first-order valence-corrected chi connectivity index (χ1v) is 11.9. The van der Waals surface area contributed by atoms with Gasteiger partial charge >= 0.3 is 11.9 Å². The molecule has 1 aromatic carbocycles. The van der Waals surface area contributed by atoms with Gasteiger partial charge in [0.25, 0.3) is 0 Å². The van der Waals surface area contributed by atoms with Crippen LogP contribution in [0, 0.1) is 0 Å². The number of pyridine rings is 2. The molecule has 0 saturated carbocycles. The third kappa shape index (κ3) is 5.07. The van der Waals surface area contributed by atoms with E-state index in [1.54, 1.807) is 26.1 Å². The summed E-state index contributed by atoms with van der Waals surface area (Å²) in [6.07, 6.45) is 1.74. The Morgan fingerprint density at radius 1 is 1.00 bits per heavy atom. The van der Waals surface area contributed by atoms with Crippen molar-refractivity contribution in [1.82, 2.24) is 9.97 Å². The van der Waals surface area contributed by atoms with Crippen LogP contribution in [0.1, 0.15) is 31.2 Å². The summed E-state index contributed by atoms with van der Waals surface area (Å²) in [5.41, 5.74) is 3.97. The molecule has 34 heavy (non-hydrogen) atoms. The van der Waals surface area contributed by atoms with Crippen LogP contribution >= 0.6 is 11.3 Å². The second-order valence-electron chi connectivity index (χ2n) is 7.40. The molecular formula is C26H25N3O4S. The van der Waals surface area contributed by atoms with E-state index in [1.807, 2.05) is 53.9 Å². The highest BCUT2D eigenvalue weighted by molar-refractivity contribution is 7.17. The van der Waals surface area contributed by atoms with Gasteiger partial charge in [-0.05, 0) is 37.6 Å². The van der Waals surface area contributed by atoms with E-state index in [4.69, 9.17) is 14.5 Å². The van der Waals surface area contributed by atoms with Crippen LogP contribution in [0.3, 0.4) is 0 Å². The third-order valence-electron chi connectivity index (χ3n) is 5.18. The van der Waals surface area contributed by atoms with E-state index in [-0.39, 0.29) is 18.9 Å². The predicted molar refractivity (Wildman–Crippen MR) is 133 cm³/mol. The summed E-state index contributed by atoms with van der Waals surface area (Å²) < 4.78 is 10.3. The minimum Gasteiger partial charge on any atom is -0.465 e. The first-order valence-electron chi connectivity index (χ1n) is 11.1. The minimum atomic E-state index is -1.26. The number of thiophene rings is 1. The lowest BCUT2D eigenvalue weighted by molar-refractivity contribution is -0.157. The number of fused-ring (bicyclic) bond motifs is 1. The van der Waals surface area contributed by atoms with Gasteiger partial charge in [0, 0.05) is 28.2 Å². The molecule has 0 unspecified atom stereocenters. The lowest BCUT2D eigenvalue weighted by Crippen LogP contribution is -2.27. The Hall–Kier alpha value is -3.78. The molecule has 0 fully saturated rings. The molecule has 1 N–H and O–H groups in total. The maximum atomic E-state index is 12.7. The number of hydrogen-bond donors (Lipinski definition) is 1. The molecule has 0 amide bonds. The molecule has 0 spiro atoms. The van der Waals surface area contributed by atoms with E-state index < -0.39 is 17.9 Å². The van der Waals surface area contributed by atoms with Gasteiger partial charge in [0.05, 0.1) is 31.1 Å². The van der Waals surface area contributed by atoms with E-state index in [9.17, 15) is 9.59 Å². The quantitative estimate of drug-likeness (QED) is 0.263. The summed E-state index contributed by atoms with van der Waals surface area (Å²) in [6, 6.07) is 17.5. The number of esters is 2. The zero-order valence-corrected chi connectivity index (χ0v) is 19.8. The Kier molecular flexibility index (Phi) is 7.49. The van der Waals surface area contributed by atoms with Gasteiger partial charge < -0.3 is 14.8 Å². The zero-order chi connectivity index (χ0) is 23.9. The molecule has 3 aromatic heterocycles. The fourth-order valence-electron chi connectivity index (χ4n) is 3.65. The normalized spacial score (nSPS) is 10.9. The molecule has 174 valence electrons. The minimum absolute atomic E-state index is 0.152. The molecule has 4 rings (SSSR count). The van der Waals surface area contributed by atoms with Gasteiger partial charge in [-0.1, -0.05) is 36.4 Å². The SMILES string of the molecule is CCOC(=O)C(C(=O)OCC)c1cc(NCc2ccccn2)c2c(-c3ccccc3)csc2n1. The standard InChI is InChI=1S/C26H25N3O4S/c1-3-32-25(30)23(26(31)33-4-2)21-14-20(28-15-18-12-8-9-13-27-18)22-19(16-34-24(22)29-21)17-10-6-5-7-11-17/h5-14,16,23H,3-4,15H2,1-2H3,(H,28,29). The van der Waals surface area contributed by atoms with E-state index in [0.717, 1.165) is 27.9 Å². The molecule has 8 heteroatoms. The number of carbonyl (C=O) groups excluding carboxylic acids is 2. The van der Waals surface area contributed by atoms with Gasteiger partial charge in [0.15, 0.2) is 5.92 Å². The molecule has 0 saturated heterocycles. The number of rotatable bonds is 9. The van der Waals surface area contributed by atoms with Crippen molar-refractivity contribution in [3.63, 3.8) is 0 Å². The fourth-order valence-corrected chi connectivity index (χ4v) is 4.63. The average molecular weight is 476 g/mol. The summed E-state index contributed by atoms with van der Waals surface area (Å²) in [6.45, 7) is 4.16. The molecule has 0 atom stereocenters. The highest BCUT2D eigenvalue weighted by Crippen LogP contribution is 2.39. The highest BCUT2D eigenvalue weighted by Gasteiger charge is 2.34. The summed E-state index contributed by atoms with van der Waals surface area (Å²) >= 11 is 1.46. The summed E-state index contributed by atoms with van der Waals surface area (Å²) in [4.78, 5) is 35.2. The van der Waals surface area contributed by atoms with Gasteiger partial charge in [0.2, 0.25) is 0 Å². The maximum absolute atomic E-state index is 12.7. The van der Waals surface area contributed by atoms with Crippen molar-refractivity contribution in [2.24, 2.45) is 0 Å². The molecule has 7 nitrogen and oxygen atoms in total. The fraction of sp³-hybridized carbons (Fsp3) is 0.231. The van der Waals surface area contributed by atoms with Crippen molar-refractivity contribution in [2.45, 2.75) is 26.3 Å². The van der Waals surface area contributed by atoms with E-state index >= 15 is 0 Å². The number of benzene rings is 1. The second kappa shape index (κ2) is 10.9. The molecule has 3 heterocycles. The Labute approximate surface area is 201 Å². The number of nitrogens with one attached hydrogen (secondary N) is 1. The number of ether oxygens (including phenoxy) is 2. The van der Waals surface area contributed by atoms with Crippen LogP contribution in [0.2, 0.25) is 0 Å². The van der Waals surface area contributed by atoms with E-state index in [2.05, 4.69) is 10.3 Å². The van der Waals surface area contributed by atoms with Crippen molar-refractivity contribution in [3.8, 4) is 11.1 Å². The summed E-state index contributed by atoms with van der Waals surface area (Å²) in [7, 11) is 0. The molecular weight excluding hydrogens is 450 g/mol. The van der Waals surface area contributed by atoms with E-state index in [1.165, 1.54) is 11.3 Å². The van der Waals surface area contributed by atoms with Gasteiger partial charge in [-0.3, -0.25) is 14.6 Å². The van der Waals surface area contributed by atoms with Crippen molar-refractivity contribution in [3.05, 3.63) is 77.6 Å². The lowest BCUT2D eigenvalue weighted by Gasteiger charge is -2.16. The monoisotopic (exact) mass is 475 g/mol. The van der Waals surface area contributed by atoms with Gasteiger partial charge in [-0.2, -0.15) is 0 Å². The molecule has 0 aliphatic rings. The van der Waals surface area contributed by atoms with Crippen LogP contribution in [-0.4, -0.2) is 35.1 Å². The van der Waals surface area contributed by atoms with Gasteiger partial charge in [0.1, 0.15) is 4.83 Å². The number of carbonyl (C=O) groups is 2. The molecule has 4 aromatic rings. The molecule has 0 aliphatic heterocycles. The Morgan fingerprint density at radius 3 is 2.35 bits per heavy atom. The molecule has 0 radical (unpaired) electrons. The smallest absolute Gasteiger partial charge is 0.326 e. The van der Waals surface area contributed by atoms with Crippen LogP contribution in [0.25, 0.3) is 21.3 Å².